The van der Waals surface area contributed by atoms with Gasteiger partial charge < -0.3 is 0 Å². The van der Waals surface area contributed by atoms with Gasteiger partial charge in [0.15, 0.2) is 0 Å². The number of benzene rings is 1. The minimum atomic E-state index is -3.39. The van der Waals surface area contributed by atoms with Gasteiger partial charge in [0.05, 0.1) is 0 Å². The summed E-state index contributed by atoms with van der Waals surface area (Å²) in [6.07, 6.45) is 2.40. The van der Waals surface area contributed by atoms with E-state index in [0.29, 0.717) is 18.1 Å². The van der Waals surface area contributed by atoms with E-state index in [-0.39, 0.29) is 0 Å². The van der Waals surface area contributed by atoms with E-state index < -0.39 is 10.0 Å². The second-order valence-corrected chi connectivity index (χ2v) is 8.11. The third-order valence-electron chi connectivity index (χ3n) is 3.44. The van der Waals surface area contributed by atoms with Gasteiger partial charge in [-0.05, 0) is 47.2 Å². The summed E-state index contributed by atoms with van der Waals surface area (Å²) in [6, 6.07) is 9.08. The highest BCUT2D eigenvalue weighted by molar-refractivity contribution is 7.92. The molecule has 0 fully saturated rings. The number of sulfonamides is 1. The van der Waals surface area contributed by atoms with Crippen molar-refractivity contribution in [2.24, 2.45) is 0 Å². The molecule has 0 aliphatic carbocycles. The molecule has 1 aromatic carbocycles. The summed E-state index contributed by atoms with van der Waals surface area (Å²) < 4.78 is 26.3. The second kappa shape index (κ2) is 5.93. The minimum absolute atomic E-state index is 0.464. The molecule has 0 atom stereocenters. The van der Waals surface area contributed by atoms with Crippen LogP contribution in [0.3, 0.4) is 0 Å². The van der Waals surface area contributed by atoms with Crippen molar-refractivity contribution < 1.29 is 8.42 Å². The summed E-state index contributed by atoms with van der Waals surface area (Å²) in [7, 11) is -3.39. The standard InChI is InChI=1S/C15H14ClNO2S2/c16-14-3-1-12(2-4-14)7-10-21(18,19)17-8-5-15-13(11-17)6-9-20-15/h1-4,6-7,9-10H,5,8,11H2/b10-7+. The van der Waals surface area contributed by atoms with Crippen LogP contribution in [0.15, 0.2) is 41.1 Å². The molecule has 0 saturated heterocycles. The quantitative estimate of drug-likeness (QED) is 0.853. The fourth-order valence-electron chi connectivity index (χ4n) is 2.26. The molecule has 110 valence electrons. The maximum absolute atomic E-state index is 12.4. The average Bonchev–Trinajstić information content (AvgIpc) is 2.94. The van der Waals surface area contributed by atoms with Crippen molar-refractivity contribution in [1.82, 2.24) is 4.31 Å². The first-order chi connectivity index (χ1) is 10.0. The minimum Gasteiger partial charge on any atom is -0.207 e. The summed E-state index contributed by atoms with van der Waals surface area (Å²) in [4.78, 5) is 1.29. The number of hydrogen-bond donors (Lipinski definition) is 0. The van der Waals surface area contributed by atoms with Gasteiger partial charge in [0.1, 0.15) is 0 Å². The van der Waals surface area contributed by atoms with Gasteiger partial charge in [0, 0.05) is 28.4 Å². The molecule has 1 aromatic heterocycles. The lowest BCUT2D eigenvalue weighted by molar-refractivity contribution is 0.400. The van der Waals surface area contributed by atoms with Gasteiger partial charge in [0.2, 0.25) is 10.0 Å². The smallest absolute Gasteiger partial charge is 0.207 e. The van der Waals surface area contributed by atoms with Crippen molar-refractivity contribution in [2.75, 3.05) is 6.54 Å². The van der Waals surface area contributed by atoms with E-state index in [1.807, 2.05) is 11.4 Å². The molecule has 0 radical (unpaired) electrons. The second-order valence-electron chi connectivity index (χ2n) is 4.85. The highest BCUT2D eigenvalue weighted by Gasteiger charge is 2.25. The highest BCUT2D eigenvalue weighted by atomic mass is 35.5. The Morgan fingerprint density at radius 3 is 2.71 bits per heavy atom. The van der Waals surface area contributed by atoms with Crippen LogP contribution in [-0.2, 0) is 23.0 Å². The largest absolute Gasteiger partial charge is 0.236 e. The SMILES string of the molecule is O=S(=O)(/C=C/c1ccc(Cl)cc1)N1CCc2sccc2C1. The van der Waals surface area contributed by atoms with E-state index in [1.165, 1.54) is 14.6 Å². The Balaban J connectivity index is 1.77. The van der Waals surface area contributed by atoms with Gasteiger partial charge in [-0.3, -0.25) is 0 Å². The van der Waals surface area contributed by atoms with Crippen LogP contribution in [0.25, 0.3) is 6.08 Å². The lowest BCUT2D eigenvalue weighted by atomic mass is 10.1. The Kier molecular flexibility index (Phi) is 4.17. The van der Waals surface area contributed by atoms with E-state index in [0.717, 1.165) is 17.5 Å². The molecule has 3 nitrogen and oxygen atoms in total. The Morgan fingerprint density at radius 1 is 1.19 bits per heavy atom. The number of thiophene rings is 1. The van der Waals surface area contributed by atoms with Crippen molar-refractivity contribution in [1.29, 1.82) is 0 Å². The number of halogens is 1. The zero-order chi connectivity index (χ0) is 14.9. The molecule has 21 heavy (non-hydrogen) atoms. The van der Waals surface area contributed by atoms with Crippen molar-refractivity contribution >= 4 is 39.0 Å². The van der Waals surface area contributed by atoms with Crippen LogP contribution >= 0.6 is 22.9 Å². The van der Waals surface area contributed by atoms with Crippen LogP contribution in [0.2, 0.25) is 5.02 Å². The molecular weight excluding hydrogens is 326 g/mol. The first kappa shape index (κ1) is 14.8. The molecule has 1 aliphatic heterocycles. The van der Waals surface area contributed by atoms with E-state index in [2.05, 4.69) is 0 Å². The molecular formula is C15H14ClNO2S2. The molecule has 0 unspecified atom stereocenters. The van der Waals surface area contributed by atoms with Crippen LogP contribution in [-0.4, -0.2) is 19.3 Å². The maximum Gasteiger partial charge on any atom is 0.236 e. The van der Waals surface area contributed by atoms with Gasteiger partial charge in [-0.1, -0.05) is 23.7 Å². The average molecular weight is 340 g/mol. The van der Waals surface area contributed by atoms with Crippen LogP contribution in [0.4, 0.5) is 0 Å². The van der Waals surface area contributed by atoms with E-state index in [9.17, 15) is 8.42 Å². The first-order valence-electron chi connectivity index (χ1n) is 6.54. The van der Waals surface area contributed by atoms with Gasteiger partial charge in [-0.15, -0.1) is 11.3 Å². The van der Waals surface area contributed by atoms with Gasteiger partial charge in [-0.25, -0.2) is 8.42 Å². The lowest BCUT2D eigenvalue weighted by Crippen LogP contribution is -2.33. The molecule has 2 heterocycles. The first-order valence-corrected chi connectivity index (χ1v) is 9.30. The summed E-state index contributed by atoms with van der Waals surface area (Å²) in [5.41, 5.74) is 1.94. The molecule has 0 amide bonds. The number of rotatable bonds is 3. The molecule has 0 N–H and O–H groups in total. The fourth-order valence-corrected chi connectivity index (χ4v) is 4.45. The topological polar surface area (TPSA) is 37.4 Å². The van der Waals surface area contributed by atoms with Crippen LogP contribution in [0.1, 0.15) is 16.0 Å². The van der Waals surface area contributed by atoms with E-state index in [1.54, 1.807) is 41.7 Å². The van der Waals surface area contributed by atoms with Crippen molar-refractivity contribution in [3.63, 3.8) is 0 Å². The van der Waals surface area contributed by atoms with E-state index in [4.69, 9.17) is 11.6 Å². The van der Waals surface area contributed by atoms with Crippen molar-refractivity contribution in [3.05, 3.63) is 62.1 Å². The summed E-state index contributed by atoms with van der Waals surface area (Å²) >= 11 is 7.51. The number of fused-ring (bicyclic) bond motifs is 1. The Hall–Kier alpha value is -1.14. The molecule has 1 aliphatic rings. The van der Waals surface area contributed by atoms with Crippen LogP contribution in [0, 0.1) is 0 Å². The highest BCUT2D eigenvalue weighted by Crippen LogP contribution is 2.26. The predicted molar refractivity (Wildman–Crippen MR) is 87.8 cm³/mol. The molecule has 0 saturated carbocycles. The molecule has 0 spiro atoms. The van der Waals surface area contributed by atoms with Crippen molar-refractivity contribution in [3.8, 4) is 0 Å². The molecule has 0 bridgehead atoms. The molecule has 3 rings (SSSR count). The van der Waals surface area contributed by atoms with Gasteiger partial charge in [-0.2, -0.15) is 4.31 Å². The summed E-state index contributed by atoms with van der Waals surface area (Å²) in [5.74, 6) is 0. The van der Waals surface area contributed by atoms with Crippen molar-refractivity contribution in [2.45, 2.75) is 13.0 Å². The van der Waals surface area contributed by atoms with Crippen LogP contribution in [0.5, 0.6) is 0 Å². The number of nitrogens with zero attached hydrogens (tertiary/aromatic N) is 1. The summed E-state index contributed by atoms with van der Waals surface area (Å²) in [6.45, 7) is 1.01. The third-order valence-corrected chi connectivity index (χ3v) is 6.22. The zero-order valence-electron chi connectivity index (χ0n) is 11.2. The van der Waals surface area contributed by atoms with Gasteiger partial charge >= 0.3 is 0 Å². The number of hydrogen-bond acceptors (Lipinski definition) is 3. The fraction of sp³-hybridized carbons (Fsp3) is 0.200. The molecule has 6 heteroatoms. The molecule has 2 aromatic rings. The van der Waals surface area contributed by atoms with Crippen LogP contribution < -0.4 is 0 Å². The summed E-state index contributed by atoms with van der Waals surface area (Å²) in [5, 5.41) is 3.92. The lowest BCUT2D eigenvalue weighted by Gasteiger charge is -2.24. The predicted octanol–water partition coefficient (Wildman–Crippen LogP) is 3.76. The maximum atomic E-state index is 12.4. The van der Waals surface area contributed by atoms with Gasteiger partial charge in [0.25, 0.3) is 0 Å². The zero-order valence-corrected chi connectivity index (χ0v) is 13.6. The Morgan fingerprint density at radius 2 is 1.95 bits per heavy atom. The van der Waals surface area contributed by atoms with E-state index >= 15 is 0 Å². The monoisotopic (exact) mass is 339 g/mol. The normalized spacial score (nSPS) is 16.2. The third kappa shape index (κ3) is 3.37. The Bertz CT molecular complexity index is 763. The Labute approximate surface area is 133 Å².